The van der Waals surface area contributed by atoms with Crippen molar-refractivity contribution >= 4 is 17.9 Å². The molecule has 0 aliphatic carbocycles. The molecule has 0 rings (SSSR count). The van der Waals surface area contributed by atoms with E-state index in [0.29, 0.717) is 24.4 Å². The molecule has 0 amide bonds. The lowest BCUT2D eigenvalue weighted by Crippen LogP contribution is -2.05. The van der Waals surface area contributed by atoms with Gasteiger partial charge >= 0.3 is 17.9 Å². The van der Waals surface area contributed by atoms with Crippen molar-refractivity contribution in [3.63, 3.8) is 0 Å². The maximum absolute atomic E-state index is 10.7. The number of esters is 2. The van der Waals surface area contributed by atoms with Crippen LogP contribution in [0.4, 0.5) is 0 Å². The highest BCUT2D eigenvalue weighted by molar-refractivity contribution is 5.87. The van der Waals surface area contributed by atoms with E-state index >= 15 is 0 Å². The first-order valence-electron chi connectivity index (χ1n) is 7.14. The quantitative estimate of drug-likeness (QED) is 0.438. The number of carboxylic acids is 1. The van der Waals surface area contributed by atoms with Gasteiger partial charge in [0, 0.05) is 17.2 Å². The molecule has 0 saturated heterocycles. The average molecular weight is 328 g/mol. The van der Waals surface area contributed by atoms with Gasteiger partial charge in [0.2, 0.25) is 0 Å². The molecule has 0 heterocycles. The number of rotatable bonds is 7. The van der Waals surface area contributed by atoms with Crippen LogP contribution in [-0.2, 0) is 23.9 Å². The molecular weight excluding hydrogens is 300 g/mol. The summed E-state index contributed by atoms with van der Waals surface area (Å²) in [6.07, 6.45) is 2.81. The van der Waals surface area contributed by atoms with Crippen molar-refractivity contribution in [1.29, 1.82) is 0 Å². The van der Waals surface area contributed by atoms with Crippen LogP contribution in [0.3, 0.4) is 0 Å². The van der Waals surface area contributed by atoms with E-state index < -0.39 is 5.97 Å². The Morgan fingerprint density at radius 3 is 1.61 bits per heavy atom. The van der Waals surface area contributed by atoms with E-state index in [4.69, 9.17) is 9.84 Å². The molecule has 0 spiro atoms. The fourth-order valence-electron chi connectivity index (χ4n) is 0.687. The lowest BCUT2D eigenvalue weighted by Gasteiger charge is -2.01. The maximum Gasteiger partial charge on any atom is 0.333 e. The fourth-order valence-corrected chi connectivity index (χ4v) is 0.687. The minimum absolute atomic E-state index is 0.284. The van der Waals surface area contributed by atoms with E-state index in [1.165, 1.54) is 0 Å². The topological polar surface area (TPSA) is 89.9 Å². The van der Waals surface area contributed by atoms with E-state index in [-0.39, 0.29) is 11.9 Å². The number of aliphatic carboxylic acids is 1. The standard InChI is InChI=1S/C8H14O2.C6H10O2.C3H4O2/c1-4-5-6-10-8(9)7(2)3;1-4-8-6(7)5(2)3;1-2-3(4)5/h2,4-6H2,1,3H3;2,4H2,1,3H3;2H,1H2,(H,4,5). The molecule has 132 valence electrons. The second kappa shape index (κ2) is 17.7. The van der Waals surface area contributed by atoms with Crippen molar-refractivity contribution in [2.45, 2.75) is 40.5 Å². The molecule has 6 heteroatoms. The van der Waals surface area contributed by atoms with E-state index in [2.05, 4.69) is 31.4 Å². The molecule has 1 N–H and O–H groups in total. The Morgan fingerprint density at radius 2 is 1.39 bits per heavy atom. The SMILES string of the molecule is C=C(C)C(=O)OCC.C=C(C)C(=O)OCCCC.C=CC(=O)O. The Hall–Kier alpha value is -2.37. The third kappa shape index (κ3) is 25.0. The monoisotopic (exact) mass is 328 g/mol. The van der Waals surface area contributed by atoms with Gasteiger partial charge in [0.05, 0.1) is 13.2 Å². The average Bonchev–Trinajstić information content (AvgIpc) is 2.48. The molecule has 0 aliphatic rings. The Labute approximate surface area is 138 Å². The predicted molar refractivity (Wildman–Crippen MR) is 90.0 cm³/mol. The maximum atomic E-state index is 10.7. The number of unbranched alkanes of at least 4 members (excludes halogenated alkanes) is 1. The van der Waals surface area contributed by atoms with Crippen molar-refractivity contribution in [2.24, 2.45) is 0 Å². The molecule has 0 aromatic rings. The number of hydrogen-bond donors (Lipinski definition) is 1. The van der Waals surface area contributed by atoms with Gasteiger partial charge in [0.1, 0.15) is 0 Å². The van der Waals surface area contributed by atoms with Crippen LogP contribution in [0.2, 0.25) is 0 Å². The molecule has 0 saturated carbocycles. The number of carbonyl (C=O) groups excluding carboxylic acids is 2. The highest BCUT2D eigenvalue weighted by Crippen LogP contribution is 1.94. The van der Waals surface area contributed by atoms with Crippen LogP contribution in [0.25, 0.3) is 0 Å². The van der Waals surface area contributed by atoms with Crippen LogP contribution < -0.4 is 0 Å². The molecule has 6 nitrogen and oxygen atoms in total. The van der Waals surface area contributed by atoms with E-state index in [1.54, 1.807) is 20.8 Å². The number of hydrogen-bond acceptors (Lipinski definition) is 5. The van der Waals surface area contributed by atoms with Crippen molar-refractivity contribution < 1.29 is 29.0 Å². The summed E-state index contributed by atoms with van der Waals surface area (Å²) in [5, 5.41) is 7.60. The van der Waals surface area contributed by atoms with Gasteiger partial charge in [-0.2, -0.15) is 0 Å². The summed E-state index contributed by atoms with van der Waals surface area (Å²) in [6.45, 7) is 17.8. The predicted octanol–water partition coefficient (Wildman–Crippen LogP) is 3.29. The first kappa shape index (κ1) is 25.6. The molecule has 0 aromatic heterocycles. The molecule has 0 radical (unpaired) electrons. The third-order valence-corrected chi connectivity index (χ3v) is 1.88. The first-order chi connectivity index (χ1) is 10.6. The summed E-state index contributed by atoms with van der Waals surface area (Å²) in [5.41, 5.74) is 0.919. The molecule has 0 unspecified atom stereocenters. The summed E-state index contributed by atoms with van der Waals surface area (Å²) in [4.78, 5) is 30.4. The minimum Gasteiger partial charge on any atom is -0.478 e. The minimum atomic E-state index is -0.981. The Kier molecular flexibility index (Phi) is 19.7. The van der Waals surface area contributed by atoms with Crippen LogP contribution in [0.15, 0.2) is 37.0 Å². The van der Waals surface area contributed by atoms with Crippen LogP contribution in [0.5, 0.6) is 0 Å². The Morgan fingerprint density at radius 1 is 1.00 bits per heavy atom. The highest BCUT2D eigenvalue weighted by atomic mass is 16.5. The molecule has 0 bridgehead atoms. The van der Waals surface area contributed by atoms with Crippen molar-refractivity contribution in [3.05, 3.63) is 37.0 Å². The number of ether oxygens (including phenoxy) is 2. The van der Waals surface area contributed by atoms with Gasteiger partial charge in [-0.15, -0.1) is 0 Å². The fraction of sp³-hybridized carbons (Fsp3) is 0.471. The largest absolute Gasteiger partial charge is 0.478 e. The van der Waals surface area contributed by atoms with Gasteiger partial charge in [-0.25, -0.2) is 14.4 Å². The lowest BCUT2D eigenvalue weighted by atomic mass is 10.3. The second-order valence-corrected chi connectivity index (χ2v) is 4.31. The van der Waals surface area contributed by atoms with E-state index in [1.807, 2.05) is 0 Å². The van der Waals surface area contributed by atoms with E-state index in [0.717, 1.165) is 18.9 Å². The molecule has 0 aliphatic heterocycles. The van der Waals surface area contributed by atoms with E-state index in [9.17, 15) is 14.4 Å². The van der Waals surface area contributed by atoms with Gasteiger partial charge < -0.3 is 14.6 Å². The Bertz CT molecular complexity index is 409. The lowest BCUT2D eigenvalue weighted by molar-refractivity contribution is -0.139. The van der Waals surface area contributed by atoms with Crippen molar-refractivity contribution in [2.75, 3.05) is 13.2 Å². The van der Waals surface area contributed by atoms with Crippen molar-refractivity contribution in [3.8, 4) is 0 Å². The summed E-state index contributed by atoms with van der Waals surface area (Å²) >= 11 is 0. The zero-order chi connectivity index (χ0) is 18.8. The number of carbonyl (C=O) groups is 3. The van der Waals surface area contributed by atoms with Gasteiger partial charge in [0.25, 0.3) is 0 Å². The smallest absolute Gasteiger partial charge is 0.333 e. The normalized spacial score (nSPS) is 8.17. The van der Waals surface area contributed by atoms with Gasteiger partial charge in [-0.3, -0.25) is 0 Å². The second-order valence-electron chi connectivity index (χ2n) is 4.31. The summed E-state index contributed by atoms with van der Waals surface area (Å²) < 4.78 is 9.37. The summed E-state index contributed by atoms with van der Waals surface area (Å²) in [5.74, 6) is -1.58. The summed E-state index contributed by atoms with van der Waals surface area (Å²) in [7, 11) is 0. The van der Waals surface area contributed by atoms with Gasteiger partial charge in [-0.1, -0.05) is 33.1 Å². The van der Waals surface area contributed by atoms with Crippen LogP contribution in [-0.4, -0.2) is 36.2 Å². The molecule has 0 aromatic carbocycles. The zero-order valence-electron chi connectivity index (χ0n) is 14.5. The number of carboxylic acid groups (broad SMARTS) is 1. The van der Waals surface area contributed by atoms with Crippen LogP contribution >= 0.6 is 0 Å². The zero-order valence-corrected chi connectivity index (χ0v) is 14.5. The molecule has 0 fully saturated rings. The molecule has 23 heavy (non-hydrogen) atoms. The Balaban J connectivity index is -0.000000276. The molecular formula is C17H28O6. The first-order valence-corrected chi connectivity index (χ1v) is 7.14. The van der Waals surface area contributed by atoms with Crippen molar-refractivity contribution in [1.82, 2.24) is 0 Å². The third-order valence-electron chi connectivity index (χ3n) is 1.88. The van der Waals surface area contributed by atoms with Gasteiger partial charge in [-0.05, 0) is 27.2 Å². The molecule has 0 atom stereocenters. The van der Waals surface area contributed by atoms with Crippen LogP contribution in [0, 0.1) is 0 Å². The van der Waals surface area contributed by atoms with Gasteiger partial charge in [0.15, 0.2) is 0 Å². The highest BCUT2D eigenvalue weighted by Gasteiger charge is 2.00. The summed E-state index contributed by atoms with van der Waals surface area (Å²) in [6, 6.07) is 0. The van der Waals surface area contributed by atoms with Crippen LogP contribution in [0.1, 0.15) is 40.5 Å².